The Morgan fingerprint density at radius 2 is 2.00 bits per heavy atom. The number of benzene rings is 2. The maximum atomic E-state index is 13.2. The topological polar surface area (TPSA) is 78.9 Å². The fraction of sp³-hybridized carbons (Fsp3) is 0.190. The summed E-state index contributed by atoms with van der Waals surface area (Å²) in [6.45, 7) is 5.98. The summed E-state index contributed by atoms with van der Waals surface area (Å²) in [5, 5.41) is 12.7. The van der Waals surface area contributed by atoms with E-state index in [0.717, 1.165) is 11.1 Å². The molecule has 1 heterocycles. The average Bonchev–Trinajstić information content (AvgIpc) is 2.66. The largest absolute Gasteiger partial charge is 0.503 e. The number of halogens is 1. The lowest BCUT2D eigenvalue weighted by atomic mass is 10.0. The summed E-state index contributed by atoms with van der Waals surface area (Å²) in [5.41, 5.74) is 2.96. The van der Waals surface area contributed by atoms with Crippen LogP contribution in [0.2, 0.25) is 0 Å². The fourth-order valence-corrected chi connectivity index (χ4v) is 3.70. The van der Waals surface area contributed by atoms with Gasteiger partial charge >= 0.3 is 0 Å². The van der Waals surface area contributed by atoms with Crippen molar-refractivity contribution in [3.8, 4) is 11.5 Å². The van der Waals surface area contributed by atoms with Gasteiger partial charge in [0.2, 0.25) is 0 Å². The van der Waals surface area contributed by atoms with E-state index in [2.05, 4.69) is 21.2 Å². The Hall–Kier alpha value is -2.71. The minimum atomic E-state index is -0.580. The molecular weight excluding hydrogens is 456 g/mol. The number of aryl methyl sites for hydroxylation is 1. The summed E-state index contributed by atoms with van der Waals surface area (Å²) >= 11 is 8.52. The quantitative estimate of drug-likeness (QED) is 0.397. The van der Waals surface area contributed by atoms with Crippen molar-refractivity contribution in [3.05, 3.63) is 57.1 Å². The van der Waals surface area contributed by atoms with Gasteiger partial charge in [0.15, 0.2) is 16.6 Å². The number of carbonyl (C=O) groups is 2. The van der Waals surface area contributed by atoms with Gasteiger partial charge in [0.05, 0.1) is 16.8 Å². The van der Waals surface area contributed by atoms with Crippen molar-refractivity contribution in [2.75, 3.05) is 11.5 Å². The number of phenols is 1. The van der Waals surface area contributed by atoms with Crippen LogP contribution >= 0.6 is 28.1 Å². The first kappa shape index (κ1) is 21.0. The molecule has 6 nitrogen and oxygen atoms in total. The van der Waals surface area contributed by atoms with Crippen LogP contribution in [0.25, 0.3) is 6.08 Å². The molecule has 29 heavy (non-hydrogen) atoms. The van der Waals surface area contributed by atoms with Gasteiger partial charge in [-0.1, -0.05) is 12.1 Å². The van der Waals surface area contributed by atoms with Crippen molar-refractivity contribution in [1.29, 1.82) is 0 Å². The summed E-state index contributed by atoms with van der Waals surface area (Å²) in [6, 6.07) is 8.71. The van der Waals surface area contributed by atoms with E-state index in [1.54, 1.807) is 25.1 Å². The van der Waals surface area contributed by atoms with Crippen LogP contribution in [-0.2, 0) is 9.59 Å². The second-order valence-corrected chi connectivity index (χ2v) is 7.70. The molecule has 0 aliphatic carbocycles. The third-order valence-electron chi connectivity index (χ3n) is 4.58. The molecule has 0 unspecified atom stereocenters. The molecule has 0 bridgehead atoms. The molecule has 0 saturated carbocycles. The Bertz CT molecular complexity index is 1060. The van der Waals surface area contributed by atoms with E-state index in [1.807, 2.05) is 26.0 Å². The zero-order valence-electron chi connectivity index (χ0n) is 16.1. The molecule has 8 heteroatoms. The Morgan fingerprint density at radius 1 is 1.28 bits per heavy atom. The maximum Gasteiger partial charge on any atom is 0.270 e. The lowest BCUT2D eigenvalue weighted by molar-refractivity contribution is -0.122. The number of hydrogen-bond acceptors (Lipinski definition) is 5. The molecule has 2 aromatic rings. The van der Waals surface area contributed by atoms with Crippen molar-refractivity contribution in [3.63, 3.8) is 0 Å². The second kappa shape index (κ2) is 8.34. The monoisotopic (exact) mass is 474 g/mol. The third kappa shape index (κ3) is 4.04. The number of nitrogens with zero attached hydrogens (tertiary/aromatic N) is 1. The highest BCUT2D eigenvalue weighted by Crippen LogP contribution is 2.36. The minimum Gasteiger partial charge on any atom is -0.503 e. The van der Waals surface area contributed by atoms with Gasteiger partial charge in [-0.25, -0.2) is 0 Å². The van der Waals surface area contributed by atoms with E-state index in [9.17, 15) is 14.7 Å². The number of anilines is 1. The van der Waals surface area contributed by atoms with Crippen molar-refractivity contribution in [2.24, 2.45) is 0 Å². The molecule has 0 aromatic heterocycles. The number of thiocarbonyl (C=S) groups is 1. The van der Waals surface area contributed by atoms with Crippen LogP contribution in [0.3, 0.4) is 0 Å². The van der Waals surface area contributed by atoms with Crippen molar-refractivity contribution in [2.45, 2.75) is 20.8 Å². The van der Waals surface area contributed by atoms with Crippen LogP contribution in [0.1, 0.15) is 23.6 Å². The van der Waals surface area contributed by atoms with E-state index in [4.69, 9.17) is 17.0 Å². The standard InChI is InChI=1S/C21H19BrN2O4S/c1-4-28-17-10-13(9-15(22)18(17)25)8-14-19(26)23-21(29)24(20(14)27)16-7-5-6-11(2)12(16)3/h5-10,25H,4H2,1-3H3,(H,23,26,29)/b14-8+. The van der Waals surface area contributed by atoms with Gasteiger partial charge in [0, 0.05) is 0 Å². The Kier molecular flexibility index (Phi) is 6.04. The zero-order valence-corrected chi connectivity index (χ0v) is 18.5. The zero-order chi connectivity index (χ0) is 21.3. The van der Waals surface area contributed by atoms with Crippen LogP contribution in [0, 0.1) is 13.8 Å². The highest BCUT2D eigenvalue weighted by Gasteiger charge is 2.35. The molecule has 1 aliphatic rings. The molecule has 2 N–H and O–H groups in total. The predicted molar refractivity (Wildman–Crippen MR) is 119 cm³/mol. The van der Waals surface area contributed by atoms with Gasteiger partial charge in [-0.15, -0.1) is 0 Å². The van der Waals surface area contributed by atoms with Crippen LogP contribution in [0.4, 0.5) is 5.69 Å². The number of nitrogens with one attached hydrogen (secondary N) is 1. The van der Waals surface area contributed by atoms with Crippen molar-refractivity contribution < 1.29 is 19.4 Å². The average molecular weight is 475 g/mol. The molecule has 150 valence electrons. The SMILES string of the molecule is CCOc1cc(/C=C2\C(=O)NC(=S)N(c3cccc(C)c3C)C2=O)cc(Br)c1O. The van der Waals surface area contributed by atoms with Gasteiger partial charge < -0.3 is 9.84 Å². The number of ether oxygens (including phenoxy) is 1. The third-order valence-corrected chi connectivity index (χ3v) is 5.47. The van der Waals surface area contributed by atoms with Crippen LogP contribution < -0.4 is 15.0 Å². The van der Waals surface area contributed by atoms with Crippen LogP contribution in [0.5, 0.6) is 11.5 Å². The van der Waals surface area contributed by atoms with E-state index in [0.29, 0.717) is 22.3 Å². The first-order valence-electron chi connectivity index (χ1n) is 8.87. The van der Waals surface area contributed by atoms with E-state index >= 15 is 0 Å². The molecule has 0 atom stereocenters. The summed E-state index contributed by atoms with van der Waals surface area (Å²) < 4.78 is 5.80. The first-order chi connectivity index (χ1) is 13.7. The highest BCUT2D eigenvalue weighted by molar-refractivity contribution is 9.10. The Labute approximate surface area is 182 Å². The fourth-order valence-electron chi connectivity index (χ4n) is 2.96. The molecule has 2 aromatic carbocycles. The molecular formula is C21H19BrN2O4S. The Balaban J connectivity index is 2.08. The number of aromatic hydroxyl groups is 1. The number of amides is 2. The first-order valence-corrected chi connectivity index (χ1v) is 10.1. The van der Waals surface area contributed by atoms with Crippen LogP contribution in [0.15, 0.2) is 40.4 Å². The second-order valence-electron chi connectivity index (χ2n) is 6.46. The molecule has 1 fully saturated rings. The van der Waals surface area contributed by atoms with Crippen molar-refractivity contribution >= 4 is 56.8 Å². The van der Waals surface area contributed by atoms with Gasteiger partial charge in [-0.05, 0) is 89.9 Å². The number of rotatable bonds is 4. The molecule has 1 saturated heterocycles. The van der Waals surface area contributed by atoms with Gasteiger partial charge in [-0.2, -0.15) is 0 Å². The summed E-state index contributed by atoms with van der Waals surface area (Å²) in [5.74, 6) is -0.899. The van der Waals surface area contributed by atoms with Gasteiger partial charge in [0.1, 0.15) is 5.57 Å². The normalized spacial score (nSPS) is 15.7. The molecule has 0 spiro atoms. The highest BCUT2D eigenvalue weighted by atomic mass is 79.9. The minimum absolute atomic E-state index is 0.0349. The van der Waals surface area contributed by atoms with Gasteiger partial charge in [0.25, 0.3) is 11.8 Å². The van der Waals surface area contributed by atoms with E-state index < -0.39 is 11.8 Å². The predicted octanol–water partition coefficient (Wildman–Crippen LogP) is 4.00. The summed E-state index contributed by atoms with van der Waals surface area (Å²) in [7, 11) is 0. The molecule has 0 radical (unpaired) electrons. The Morgan fingerprint density at radius 3 is 2.69 bits per heavy atom. The summed E-state index contributed by atoms with van der Waals surface area (Å²) in [4.78, 5) is 27.0. The number of carbonyl (C=O) groups excluding carboxylic acids is 2. The van der Waals surface area contributed by atoms with Crippen LogP contribution in [-0.4, -0.2) is 28.6 Å². The lowest BCUT2D eigenvalue weighted by Crippen LogP contribution is -2.54. The van der Waals surface area contributed by atoms with Gasteiger partial charge in [-0.3, -0.25) is 19.8 Å². The lowest BCUT2D eigenvalue weighted by Gasteiger charge is -2.30. The number of phenolic OH excluding ortho intramolecular Hbond substituents is 1. The maximum absolute atomic E-state index is 13.2. The molecule has 2 amide bonds. The van der Waals surface area contributed by atoms with E-state index in [1.165, 1.54) is 11.0 Å². The smallest absolute Gasteiger partial charge is 0.270 e. The molecule has 3 rings (SSSR count). The summed E-state index contributed by atoms with van der Waals surface area (Å²) in [6.07, 6.45) is 1.45. The van der Waals surface area contributed by atoms with Crippen molar-refractivity contribution in [1.82, 2.24) is 5.32 Å². The molecule has 1 aliphatic heterocycles. The van der Waals surface area contributed by atoms with E-state index in [-0.39, 0.29) is 22.2 Å². The number of hydrogen-bond donors (Lipinski definition) is 2.